The standard InChI is InChI=1S/C17H19F2O5P/c1-4-23-25(21,24-5-2)17(18,19)15-9-8-12-10-14(16(20)22-3)7-6-13(12)11-15/h6-11H,4-5H2,1-3H3. The summed E-state index contributed by atoms with van der Waals surface area (Å²) >= 11 is 0. The molecule has 136 valence electrons. The normalized spacial score (nSPS) is 12.4. The summed E-state index contributed by atoms with van der Waals surface area (Å²) in [5.74, 6) is -0.520. The molecule has 0 atom stereocenters. The Kier molecular flexibility index (Phi) is 5.93. The molecule has 2 aromatic carbocycles. The van der Waals surface area contributed by atoms with E-state index in [1.54, 1.807) is 0 Å². The van der Waals surface area contributed by atoms with Crippen LogP contribution in [0.3, 0.4) is 0 Å². The zero-order valence-electron chi connectivity index (χ0n) is 14.1. The van der Waals surface area contributed by atoms with Crippen LogP contribution in [0.4, 0.5) is 8.78 Å². The minimum atomic E-state index is -4.66. The van der Waals surface area contributed by atoms with Crippen LogP contribution in [-0.4, -0.2) is 26.3 Å². The van der Waals surface area contributed by atoms with Crippen LogP contribution in [0.15, 0.2) is 36.4 Å². The second kappa shape index (κ2) is 7.60. The van der Waals surface area contributed by atoms with Crippen molar-refractivity contribution in [1.82, 2.24) is 0 Å². The van der Waals surface area contributed by atoms with Crippen molar-refractivity contribution in [3.63, 3.8) is 0 Å². The molecule has 0 aromatic heterocycles. The van der Waals surface area contributed by atoms with Crippen molar-refractivity contribution in [3.05, 3.63) is 47.5 Å². The molecule has 0 N–H and O–H groups in total. The van der Waals surface area contributed by atoms with Gasteiger partial charge in [0.25, 0.3) is 0 Å². The minimum absolute atomic E-state index is 0.164. The van der Waals surface area contributed by atoms with E-state index in [1.807, 2.05) is 0 Å². The average molecular weight is 372 g/mol. The summed E-state index contributed by atoms with van der Waals surface area (Å²) in [6.07, 6.45) is 0. The molecule has 25 heavy (non-hydrogen) atoms. The third kappa shape index (κ3) is 3.73. The van der Waals surface area contributed by atoms with Gasteiger partial charge in [0, 0.05) is 5.56 Å². The highest BCUT2D eigenvalue weighted by atomic mass is 31.2. The van der Waals surface area contributed by atoms with E-state index >= 15 is 0 Å². The van der Waals surface area contributed by atoms with Crippen LogP contribution in [0.1, 0.15) is 29.8 Å². The van der Waals surface area contributed by atoms with Gasteiger partial charge in [0.05, 0.1) is 25.9 Å². The molecule has 0 unspecified atom stereocenters. The summed E-state index contributed by atoms with van der Waals surface area (Å²) < 4.78 is 56.3. The van der Waals surface area contributed by atoms with E-state index in [0.717, 1.165) is 6.07 Å². The fourth-order valence-corrected chi connectivity index (χ4v) is 3.91. The molecule has 0 spiro atoms. The van der Waals surface area contributed by atoms with Gasteiger partial charge in [0.2, 0.25) is 0 Å². The second-order valence-corrected chi connectivity index (χ2v) is 7.22. The Morgan fingerprint density at radius 1 is 1.04 bits per heavy atom. The molecule has 0 bridgehead atoms. The van der Waals surface area contributed by atoms with Crippen LogP contribution >= 0.6 is 7.60 Å². The SMILES string of the molecule is CCOP(=O)(OCC)C(F)(F)c1ccc2cc(C(=O)OC)ccc2c1. The highest BCUT2D eigenvalue weighted by Gasteiger charge is 2.54. The van der Waals surface area contributed by atoms with Gasteiger partial charge in [-0.1, -0.05) is 18.2 Å². The van der Waals surface area contributed by atoms with Crippen molar-refractivity contribution in [3.8, 4) is 0 Å². The van der Waals surface area contributed by atoms with E-state index in [4.69, 9.17) is 9.05 Å². The Hall–Kier alpha value is -1.82. The van der Waals surface area contributed by atoms with E-state index in [0.29, 0.717) is 16.3 Å². The molecule has 0 radical (unpaired) electrons. The number of benzene rings is 2. The summed E-state index contributed by atoms with van der Waals surface area (Å²) in [7, 11) is -3.40. The maximum absolute atomic E-state index is 14.8. The molecular weight excluding hydrogens is 353 g/mol. The van der Waals surface area contributed by atoms with Crippen LogP contribution in [0.5, 0.6) is 0 Å². The fraction of sp³-hybridized carbons (Fsp3) is 0.353. The van der Waals surface area contributed by atoms with Crippen molar-refractivity contribution in [2.24, 2.45) is 0 Å². The van der Waals surface area contributed by atoms with Gasteiger partial charge in [0.15, 0.2) is 0 Å². The van der Waals surface area contributed by atoms with Crippen LogP contribution in [0, 0.1) is 0 Å². The maximum atomic E-state index is 14.8. The lowest BCUT2D eigenvalue weighted by molar-refractivity contribution is 0.0362. The number of hydrogen-bond donors (Lipinski definition) is 0. The van der Waals surface area contributed by atoms with Gasteiger partial charge in [-0.05, 0) is 42.8 Å². The first-order chi connectivity index (χ1) is 11.8. The summed E-state index contributed by atoms with van der Waals surface area (Å²) in [6, 6.07) is 8.31. The van der Waals surface area contributed by atoms with Gasteiger partial charge in [-0.15, -0.1) is 0 Å². The molecular formula is C17H19F2O5P. The van der Waals surface area contributed by atoms with Gasteiger partial charge < -0.3 is 13.8 Å². The van der Waals surface area contributed by atoms with Gasteiger partial charge >= 0.3 is 19.2 Å². The van der Waals surface area contributed by atoms with Crippen molar-refractivity contribution >= 4 is 24.3 Å². The van der Waals surface area contributed by atoms with E-state index in [-0.39, 0.29) is 13.2 Å². The Bertz CT molecular complexity index is 812. The zero-order chi connectivity index (χ0) is 18.7. The molecule has 0 aliphatic carbocycles. The molecule has 0 amide bonds. The van der Waals surface area contributed by atoms with Crippen LogP contribution in [0.2, 0.25) is 0 Å². The molecule has 0 fully saturated rings. The predicted molar refractivity (Wildman–Crippen MR) is 90.0 cm³/mol. The summed E-state index contributed by atoms with van der Waals surface area (Å²) in [5, 5.41) is 1.04. The Morgan fingerprint density at radius 2 is 1.60 bits per heavy atom. The van der Waals surface area contributed by atoms with E-state index < -0.39 is 24.8 Å². The number of rotatable bonds is 7. The lowest BCUT2D eigenvalue weighted by atomic mass is 10.0. The van der Waals surface area contributed by atoms with E-state index in [1.165, 1.54) is 51.3 Å². The molecule has 2 rings (SSSR count). The number of methoxy groups -OCH3 is 1. The van der Waals surface area contributed by atoms with Crippen molar-refractivity contribution < 1.29 is 31.9 Å². The molecule has 5 nitrogen and oxygen atoms in total. The van der Waals surface area contributed by atoms with Gasteiger partial charge in [0.1, 0.15) is 0 Å². The number of carbonyl (C=O) groups is 1. The Morgan fingerprint density at radius 3 is 2.16 bits per heavy atom. The Balaban J connectivity index is 2.49. The van der Waals surface area contributed by atoms with Crippen molar-refractivity contribution in [2.75, 3.05) is 20.3 Å². The zero-order valence-corrected chi connectivity index (χ0v) is 15.0. The van der Waals surface area contributed by atoms with E-state index in [2.05, 4.69) is 4.74 Å². The smallest absolute Gasteiger partial charge is 0.404 e. The number of alkyl halides is 2. The topological polar surface area (TPSA) is 61.8 Å². The molecule has 0 saturated heterocycles. The lowest BCUT2D eigenvalue weighted by Gasteiger charge is -2.26. The number of esters is 1. The molecule has 0 aliphatic rings. The van der Waals surface area contributed by atoms with Crippen LogP contribution in [0.25, 0.3) is 10.8 Å². The number of hydrogen-bond acceptors (Lipinski definition) is 5. The number of ether oxygens (including phenoxy) is 1. The number of fused-ring (bicyclic) bond motifs is 1. The third-order valence-corrected chi connectivity index (χ3v) is 5.69. The van der Waals surface area contributed by atoms with Gasteiger partial charge in [-0.2, -0.15) is 8.78 Å². The molecule has 0 aliphatic heterocycles. The van der Waals surface area contributed by atoms with Crippen molar-refractivity contribution in [2.45, 2.75) is 19.5 Å². The quantitative estimate of drug-likeness (QED) is 0.509. The van der Waals surface area contributed by atoms with Gasteiger partial charge in [-0.3, -0.25) is 4.57 Å². The van der Waals surface area contributed by atoms with Gasteiger partial charge in [-0.25, -0.2) is 4.79 Å². The third-order valence-electron chi connectivity index (χ3n) is 3.55. The number of halogens is 2. The van der Waals surface area contributed by atoms with Crippen LogP contribution in [-0.2, 0) is 24.0 Å². The highest BCUT2D eigenvalue weighted by molar-refractivity contribution is 7.54. The molecule has 0 saturated carbocycles. The first kappa shape index (κ1) is 19.5. The Labute approximate surface area is 144 Å². The van der Waals surface area contributed by atoms with Crippen molar-refractivity contribution in [1.29, 1.82) is 0 Å². The largest absolute Gasteiger partial charge is 0.465 e. The molecule has 2 aromatic rings. The predicted octanol–water partition coefficient (Wildman–Crippen LogP) is 4.94. The minimum Gasteiger partial charge on any atom is -0.465 e. The first-order valence-electron chi connectivity index (χ1n) is 7.68. The second-order valence-electron chi connectivity index (χ2n) is 5.14. The fourth-order valence-electron chi connectivity index (χ4n) is 2.38. The average Bonchev–Trinajstić information content (AvgIpc) is 2.60. The molecule has 8 heteroatoms. The lowest BCUT2D eigenvalue weighted by Crippen LogP contribution is -2.18. The first-order valence-corrected chi connectivity index (χ1v) is 9.23. The summed E-state index contributed by atoms with van der Waals surface area (Å²) in [6.45, 7) is 2.61. The van der Waals surface area contributed by atoms with Crippen LogP contribution < -0.4 is 0 Å². The van der Waals surface area contributed by atoms with E-state index in [9.17, 15) is 18.1 Å². The highest BCUT2D eigenvalue weighted by Crippen LogP contribution is 2.66. The maximum Gasteiger partial charge on any atom is 0.404 e. The summed E-state index contributed by atoms with van der Waals surface area (Å²) in [4.78, 5) is 11.5. The molecule has 0 heterocycles. The summed E-state index contributed by atoms with van der Waals surface area (Å²) in [5.41, 5.74) is -3.96. The number of carbonyl (C=O) groups excluding carboxylic acids is 1. The monoisotopic (exact) mass is 372 g/mol.